The number of methoxy groups -OCH3 is 3. The minimum atomic E-state index is 0.0102. The average Bonchev–Trinajstić information content (AvgIpc) is 3.06. The van der Waals surface area contributed by atoms with Crippen molar-refractivity contribution in [3.63, 3.8) is 0 Å². The number of benzene rings is 1. The summed E-state index contributed by atoms with van der Waals surface area (Å²) in [6.45, 7) is 3.92. The number of aryl methyl sites for hydroxylation is 1. The van der Waals surface area contributed by atoms with Crippen LogP contribution in [-0.4, -0.2) is 79.0 Å². The van der Waals surface area contributed by atoms with Crippen LogP contribution in [0.25, 0.3) is 5.69 Å². The first-order valence-corrected chi connectivity index (χ1v) is 9.54. The Balaban J connectivity index is 2.07. The molecule has 1 amide bonds. The molecule has 0 bridgehead atoms. The number of hydrogen-bond acceptors (Lipinski definition) is 7. The van der Waals surface area contributed by atoms with Gasteiger partial charge in [0.25, 0.3) is 0 Å². The van der Waals surface area contributed by atoms with E-state index in [4.69, 9.17) is 14.2 Å². The molecule has 1 aromatic heterocycles. The Bertz CT molecular complexity index is 713. The van der Waals surface area contributed by atoms with Crippen LogP contribution < -0.4 is 4.74 Å². The maximum absolute atomic E-state index is 12.6. The number of nitrogens with zero attached hydrogens (tertiary/aromatic N) is 4. The summed E-state index contributed by atoms with van der Waals surface area (Å²) >= 11 is 1.36. The molecule has 0 aliphatic carbocycles. The van der Waals surface area contributed by atoms with Crippen LogP contribution in [0.3, 0.4) is 0 Å². The third-order valence-corrected chi connectivity index (χ3v) is 4.85. The van der Waals surface area contributed by atoms with Gasteiger partial charge in [-0.3, -0.25) is 9.36 Å². The third-order valence-electron chi connectivity index (χ3n) is 3.93. The molecule has 0 saturated heterocycles. The number of carbonyl (C=O) groups is 1. The first-order chi connectivity index (χ1) is 13.1. The van der Waals surface area contributed by atoms with Crippen molar-refractivity contribution in [1.29, 1.82) is 0 Å². The normalized spacial score (nSPS) is 10.8. The molecule has 9 heteroatoms. The SMILES string of the molecule is COCCN(CCOC)C(=O)CSc1nnc(C)n1-c1ccc(OC)cc1. The number of rotatable bonds is 11. The van der Waals surface area contributed by atoms with Crippen LogP contribution in [0, 0.1) is 6.92 Å². The Labute approximate surface area is 163 Å². The van der Waals surface area contributed by atoms with Crippen molar-refractivity contribution < 1.29 is 19.0 Å². The molecule has 0 fully saturated rings. The molecule has 0 aliphatic rings. The van der Waals surface area contributed by atoms with Gasteiger partial charge in [-0.25, -0.2) is 0 Å². The second-order valence-electron chi connectivity index (χ2n) is 5.72. The minimum Gasteiger partial charge on any atom is -0.497 e. The molecule has 148 valence electrons. The van der Waals surface area contributed by atoms with E-state index in [1.165, 1.54) is 11.8 Å². The summed E-state index contributed by atoms with van der Waals surface area (Å²) in [5, 5.41) is 9.04. The van der Waals surface area contributed by atoms with Crippen molar-refractivity contribution in [3.05, 3.63) is 30.1 Å². The van der Waals surface area contributed by atoms with E-state index in [0.717, 1.165) is 17.3 Å². The van der Waals surface area contributed by atoms with Crippen LogP contribution >= 0.6 is 11.8 Å². The van der Waals surface area contributed by atoms with Gasteiger partial charge in [0.1, 0.15) is 11.6 Å². The lowest BCUT2D eigenvalue weighted by molar-refractivity contribution is -0.129. The maximum Gasteiger partial charge on any atom is 0.233 e. The number of amides is 1. The third kappa shape index (κ3) is 5.95. The molecule has 0 unspecified atom stereocenters. The molecule has 2 rings (SSSR count). The van der Waals surface area contributed by atoms with Crippen LogP contribution in [0.5, 0.6) is 5.75 Å². The predicted molar refractivity (Wildman–Crippen MR) is 104 cm³/mol. The van der Waals surface area contributed by atoms with E-state index in [2.05, 4.69) is 10.2 Å². The van der Waals surface area contributed by atoms with Gasteiger partial charge in [-0.15, -0.1) is 10.2 Å². The summed E-state index contributed by atoms with van der Waals surface area (Å²) in [5.41, 5.74) is 0.920. The lowest BCUT2D eigenvalue weighted by Crippen LogP contribution is -2.37. The number of ether oxygens (including phenoxy) is 3. The standard InChI is InChI=1S/C18H26N4O4S/c1-14-19-20-18(22(14)15-5-7-16(26-4)8-6-15)27-13-17(23)21(9-11-24-2)10-12-25-3/h5-8H,9-13H2,1-4H3. The second-order valence-corrected chi connectivity index (χ2v) is 6.66. The molecule has 0 radical (unpaired) electrons. The topological polar surface area (TPSA) is 78.7 Å². The van der Waals surface area contributed by atoms with Crippen molar-refractivity contribution in [2.24, 2.45) is 0 Å². The van der Waals surface area contributed by atoms with Crippen molar-refractivity contribution >= 4 is 17.7 Å². The van der Waals surface area contributed by atoms with Gasteiger partial charge in [0.15, 0.2) is 5.16 Å². The molecule has 0 N–H and O–H groups in total. The largest absolute Gasteiger partial charge is 0.497 e. The summed E-state index contributed by atoms with van der Waals surface area (Å²) in [6.07, 6.45) is 0. The molecular weight excluding hydrogens is 368 g/mol. The van der Waals surface area contributed by atoms with Crippen LogP contribution in [0.2, 0.25) is 0 Å². The van der Waals surface area contributed by atoms with Gasteiger partial charge < -0.3 is 19.1 Å². The van der Waals surface area contributed by atoms with Gasteiger partial charge in [-0.05, 0) is 31.2 Å². The second kappa shape index (κ2) is 10.9. The molecule has 0 aliphatic heterocycles. The fourth-order valence-electron chi connectivity index (χ4n) is 2.45. The van der Waals surface area contributed by atoms with Gasteiger partial charge >= 0.3 is 0 Å². The van der Waals surface area contributed by atoms with Gasteiger partial charge in [0.05, 0.1) is 26.1 Å². The Morgan fingerprint density at radius 3 is 2.26 bits per heavy atom. The van der Waals surface area contributed by atoms with E-state index in [1.807, 2.05) is 35.8 Å². The van der Waals surface area contributed by atoms with E-state index >= 15 is 0 Å². The molecule has 2 aromatic rings. The summed E-state index contributed by atoms with van der Waals surface area (Å²) in [6, 6.07) is 7.63. The summed E-state index contributed by atoms with van der Waals surface area (Å²) < 4.78 is 17.3. The molecule has 1 heterocycles. The summed E-state index contributed by atoms with van der Waals surface area (Å²) in [7, 11) is 4.87. The quantitative estimate of drug-likeness (QED) is 0.538. The van der Waals surface area contributed by atoms with Crippen LogP contribution in [0.15, 0.2) is 29.4 Å². The van der Waals surface area contributed by atoms with E-state index < -0.39 is 0 Å². The molecular formula is C18H26N4O4S. The molecule has 1 aromatic carbocycles. The highest BCUT2D eigenvalue weighted by atomic mass is 32.2. The van der Waals surface area contributed by atoms with Crippen LogP contribution in [0.1, 0.15) is 5.82 Å². The maximum atomic E-state index is 12.6. The molecule has 27 heavy (non-hydrogen) atoms. The van der Waals surface area contributed by atoms with Gasteiger partial charge in [-0.1, -0.05) is 11.8 Å². The molecule has 0 spiro atoms. The van der Waals surface area contributed by atoms with Gasteiger partial charge in [-0.2, -0.15) is 0 Å². The lowest BCUT2D eigenvalue weighted by atomic mass is 10.3. The Hall–Kier alpha value is -2.10. The van der Waals surface area contributed by atoms with Crippen LogP contribution in [0.4, 0.5) is 0 Å². The lowest BCUT2D eigenvalue weighted by Gasteiger charge is -2.21. The highest BCUT2D eigenvalue weighted by Crippen LogP contribution is 2.23. The number of hydrogen-bond donors (Lipinski definition) is 0. The number of thioether (sulfide) groups is 1. The first-order valence-electron chi connectivity index (χ1n) is 8.55. The predicted octanol–water partition coefficient (Wildman–Crippen LogP) is 1.80. The molecule has 0 saturated carbocycles. The molecule has 0 atom stereocenters. The van der Waals surface area contributed by atoms with Crippen molar-refractivity contribution in [2.45, 2.75) is 12.1 Å². The number of carbonyl (C=O) groups excluding carboxylic acids is 1. The average molecular weight is 394 g/mol. The zero-order valence-electron chi connectivity index (χ0n) is 16.2. The van der Waals surface area contributed by atoms with E-state index in [9.17, 15) is 4.79 Å². The zero-order chi connectivity index (χ0) is 19.6. The van der Waals surface area contributed by atoms with Gasteiger partial charge in [0.2, 0.25) is 5.91 Å². The fraction of sp³-hybridized carbons (Fsp3) is 0.500. The highest BCUT2D eigenvalue weighted by Gasteiger charge is 2.17. The summed E-state index contributed by atoms with van der Waals surface area (Å²) in [4.78, 5) is 14.3. The number of aromatic nitrogens is 3. The van der Waals surface area contributed by atoms with Crippen molar-refractivity contribution in [3.8, 4) is 11.4 Å². The smallest absolute Gasteiger partial charge is 0.233 e. The van der Waals surface area contributed by atoms with E-state index in [0.29, 0.717) is 31.5 Å². The Morgan fingerprint density at radius 1 is 1.07 bits per heavy atom. The minimum absolute atomic E-state index is 0.0102. The zero-order valence-corrected chi connectivity index (χ0v) is 17.0. The van der Waals surface area contributed by atoms with Crippen molar-refractivity contribution in [1.82, 2.24) is 19.7 Å². The Morgan fingerprint density at radius 2 is 1.70 bits per heavy atom. The monoisotopic (exact) mass is 394 g/mol. The highest BCUT2D eigenvalue weighted by molar-refractivity contribution is 7.99. The first kappa shape index (κ1) is 21.2. The van der Waals surface area contributed by atoms with E-state index in [-0.39, 0.29) is 11.7 Å². The fourth-order valence-corrected chi connectivity index (χ4v) is 3.35. The Kier molecular flexibility index (Phi) is 8.56. The summed E-state index contributed by atoms with van der Waals surface area (Å²) in [5.74, 6) is 1.81. The molecule has 8 nitrogen and oxygen atoms in total. The van der Waals surface area contributed by atoms with E-state index in [1.54, 1.807) is 26.2 Å². The van der Waals surface area contributed by atoms with Crippen LogP contribution in [-0.2, 0) is 14.3 Å². The van der Waals surface area contributed by atoms with Crippen molar-refractivity contribution in [2.75, 3.05) is 53.4 Å². The van der Waals surface area contributed by atoms with Gasteiger partial charge in [0, 0.05) is 33.0 Å².